The van der Waals surface area contributed by atoms with Crippen LogP contribution in [-0.2, 0) is 9.59 Å². The zero-order chi connectivity index (χ0) is 13.6. The zero-order valence-corrected chi connectivity index (χ0v) is 8.20. The summed E-state index contributed by atoms with van der Waals surface area (Å²) in [6.45, 7) is -0.729. The molecular formula is C9H12O7. The van der Waals surface area contributed by atoms with Crippen LogP contribution < -0.4 is 0 Å². The van der Waals surface area contributed by atoms with E-state index in [0.29, 0.717) is 0 Å². The Kier molecular flexibility index (Phi) is 18.8. The number of aliphatic hydroxyl groups excluding tert-OH is 3. The molecule has 16 heavy (non-hydrogen) atoms. The summed E-state index contributed by atoms with van der Waals surface area (Å²) in [5.41, 5.74) is 0. The quantitative estimate of drug-likeness (QED) is 0.339. The smallest absolute Gasteiger partial charge is 0.381 e. The van der Waals surface area contributed by atoms with Crippen molar-refractivity contribution >= 4 is 11.9 Å². The number of carboxylic acids is 2. The highest BCUT2D eigenvalue weighted by atomic mass is 16.4. The highest BCUT2D eigenvalue weighted by Crippen LogP contribution is 1.71. The van der Waals surface area contributed by atoms with Crippen LogP contribution in [0.1, 0.15) is 0 Å². The van der Waals surface area contributed by atoms with Gasteiger partial charge in [-0.25, -0.2) is 9.59 Å². The molecule has 0 aliphatic carbocycles. The number of hydrogen-bond acceptors (Lipinski definition) is 5. The first-order valence-corrected chi connectivity index (χ1v) is 3.64. The van der Waals surface area contributed by atoms with E-state index in [4.69, 9.17) is 35.1 Å². The number of terminal acetylenes is 2. The van der Waals surface area contributed by atoms with E-state index >= 15 is 0 Å². The van der Waals surface area contributed by atoms with Crippen molar-refractivity contribution in [2.45, 2.75) is 6.10 Å². The first-order valence-electron chi connectivity index (χ1n) is 3.64. The zero-order valence-electron chi connectivity index (χ0n) is 8.20. The minimum Gasteiger partial charge on any atom is -0.472 e. The van der Waals surface area contributed by atoms with E-state index in [9.17, 15) is 0 Å². The van der Waals surface area contributed by atoms with Crippen LogP contribution >= 0.6 is 0 Å². The van der Waals surface area contributed by atoms with E-state index in [0.717, 1.165) is 0 Å². The minimum absolute atomic E-state index is 0.365. The van der Waals surface area contributed by atoms with E-state index in [1.807, 2.05) is 0 Å². The van der Waals surface area contributed by atoms with Gasteiger partial charge < -0.3 is 25.5 Å². The van der Waals surface area contributed by atoms with Gasteiger partial charge in [0.05, 0.1) is 13.2 Å². The van der Waals surface area contributed by atoms with Gasteiger partial charge in [0.15, 0.2) is 0 Å². The van der Waals surface area contributed by atoms with Crippen molar-refractivity contribution in [3.63, 3.8) is 0 Å². The molecule has 7 nitrogen and oxygen atoms in total. The Morgan fingerprint density at radius 2 is 1.19 bits per heavy atom. The number of carboxylic acid groups (broad SMARTS) is 2. The molecule has 90 valence electrons. The van der Waals surface area contributed by atoms with Crippen LogP contribution in [0.4, 0.5) is 0 Å². The summed E-state index contributed by atoms with van der Waals surface area (Å²) in [6, 6.07) is 0. The summed E-state index contributed by atoms with van der Waals surface area (Å²) in [7, 11) is 0. The second kappa shape index (κ2) is 15.4. The fourth-order valence-corrected chi connectivity index (χ4v) is 0.0577. The van der Waals surface area contributed by atoms with Crippen molar-refractivity contribution in [1.29, 1.82) is 0 Å². The van der Waals surface area contributed by atoms with E-state index in [2.05, 4.69) is 12.8 Å². The molecule has 0 aliphatic heterocycles. The van der Waals surface area contributed by atoms with Gasteiger partial charge in [-0.05, 0) is 0 Å². The summed E-state index contributed by atoms with van der Waals surface area (Å²) in [6.07, 6.45) is 7.69. The number of aliphatic carboxylic acids is 2. The molecule has 0 amide bonds. The normalized spacial score (nSPS) is 7.12. The maximum absolute atomic E-state index is 9.13. The molecule has 0 fully saturated rings. The second-order valence-electron chi connectivity index (χ2n) is 1.92. The third-order valence-electron chi connectivity index (χ3n) is 0.668. The molecule has 0 atom stereocenters. The predicted octanol–water partition coefficient (Wildman–Crippen LogP) is -2.26. The van der Waals surface area contributed by atoms with Crippen molar-refractivity contribution < 1.29 is 35.1 Å². The van der Waals surface area contributed by atoms with Gasteiger partial charge in [-0.1, -0.05) is 0 Å². The first-order chi connectivity index (χ1) is 7.35. The Hall–Kier alpha value is -2.06. The Bertz CT molecular complexity index is 243. The minimum atomic E-state index is -1.22. The van der Waals surface area contributed by atoms with Gasteiger partial charge in [-0.15, -0.1) is 12.8 Å². The van der Waals surface area contributed by atoms with Crippen molar-refractivity contribution in [2.75, 3.05) is 13.2 Å². The lowest BCUT2D eigenvalue weighted by atomic mass is 10.4. The molecule has 0 unspecified atom stereocenters. The number of aliphatic hydroxyl groups is 3. The van der Waals surface area contributed by atoms with Crippen molar-refractivity contribution in [2.24, 2.45) is 0 Å². The maximum Gasteiger partial charge on any atom is 0.381 e. The fourth-order valence-electron chi connectivity index (χ4n) is 0.0577. The molecule has 0 aromatic carbocycles. The van der Waals surface area contributed by atoms with E-state index in [-0.39, 0.29) is 13.2 Å². The molecule has 0 aliphatic rings. The van der Waals surface area contributed by atoms with Gasteiger partial charge in [0.25, 0.3) is 0 Å². The van der Waals surface area contributed by atoms with Crippen molar-refractivity contribution in [1.82, 2.24) is 0 Å². The van der Waals surface area contributed by atoms with Crippen LogP contribution in [0.5, 0.6) is 0 Å². The molecule has 0 rings (SSSR count). The second-order valence-corrected chi connectivity index (χ2v) is 1.92. The largest absolute Gasteiger partial charge is 0.472 e. The van der Waals surface area contributed by atoms with Crippen LogP contribution in [0.3, 0.4) is 0 Å². The molecule has 0 saturated carbocycles. The molecule has 0 spiro atoms. The standard InChI is InChI=1S/C3H8O3.2C3H2O2/c4-1-3(6)2-5;2*1-2-3(4)5/h3-6H,1-2H2;2*1H,(H,4,5). The fraction of sp³-hybridized carbons (Fsp3) is 0.333. The molecule has 0 saturated heterocycles. The number of carbonyl (C=O) groups is 2. The average Bonchev–Trinajstić information content (AvgIpc) is 2.29. The maximum atomic E-state index is 9.13. The monoisotopic (exact) mass is 232 g/mol. The summed E-state index contributed by atoms with van der Waals surface area (Å²) in [5.74, 6) is 0.454. The van der Waals surface area contributed by atoms with Crippen molar-refractivity contribution in [3.05, 3.63) is 0 Å². The van der Waals surface area contributed by atoms with Crippen LogP contribution in [0.15, 0.2) is 0 Å². The highest BCUT2D eigenvalue weighted by molar-refractivity contribution is 5.85. The highest BCUT2D eigenvalue weighted by Gasteiger charge is 1.93. The van der Waals surface area contributed by atoms with Crippen LogP contribution in [-0.4, -0.2) is 56.8 Å². The van der Waals surface area contributed by atoms with Crippen molar-refractivity contribution in [3.8, 4) is 24.7 Å². The molecule has 0 heterocycles. The lowest BCUT2D eigenvalue weighted by Gasteiger charge is -1.96. The lowest BCUT2D eigenvalue weighted by Crippen LogP contribution is -2.15. The van der Waals surface area contributed by atoms with Gasteiger partial charge in [0.2, 0.25) is 0 Å². The molecule has 0 aromatic rings. The molecule has 0 bridgehead atoms. The van der Waals surface area contributed by atoms with Gasteiger partial charge in [-0.2, -0.15) is 0 Å². The Morgan fingerprint density at radius 1 is 1.00 bits per heavy atom. The lowest BCUT2D eigenvalue weighted by molar-refractivity contribution is -0.131. The van der Waals surface area contributed by atoms with Gasteiger partial charge in [0.1, 0.15) is 6.10 Å². The number of rotatable bonds is 2. The average molecular weight is 232 g/mol. The third kappa shape index (κ3) is 40.5. The first kappa shape index (κ1) is 19.5. The molecule has 7 heteroatoms. The van der Waals surface area contributed by atoms with Gasteiger partial charge in [-0.3, -0.25) is 0 Å². The third-order valence-corrected chi connectivity index (χ3v) is 0.668. The van der Waals surface area contributed by atoms with Gasteiger partial charge in [0, 0.05) is 11.8 Å². The topological polar surface area (TPSA) is 135 Å². The van der Waals surface area contributed by atoms with Crippen LogP contribution in [0.25, 0.3) is 0 Å². The Balaban J connectivity index is -0.000000160. The summed E-state index contributed by atoms with van der Waals surface area (Å²) < 4.78 is 0. The molecule has 5 N–H and O–H groups in total. The summed E-state index contributed by atoms with van der Waals surface area (Å²) in [4.78, 5) is 18.3. The molecule has 0 radical (unpaired) electrons. The predicted molar refractivity (Wildman–Crippen MR) is 53.1 cm³/mol. The van der Waals surface area contributed by atoms with E-state index in [1.54, 1.807) is 0 Å². The summed E-state index contributed by atoms with van der Waals surface area (Å²) in [5, 5.41) is 39.0. The summed E-state index contributed by atoms with van der Waals surface area (Å²) >= 11 is 0. The molecular weight excluding hydrogens is 220 g/mol. The SMILES string of the molecule is C#CC(=O)O.C#CC(=O)O.OCC(O)CO. The number of hydrogen-bond donors (Lipinski definition) is 5. The van der Waals surface area contributed by atoms with Crippen LogP contribution in [0, 0.1) is 24.7 Å². The Labute approximate surface area is 92.0 Å². The molecule has 0 aromatic heterocycles. The Morgan fingerprint density at radius 3 is 1.19 bits per heavy atom. The van der Waals surface area contributed by atoms with E-state index < -0.39 is 18.0 Å². The van der Waals surface area contributed by atoms with Gasteiger partial charge >= 0.3 is 11.9 Å². The van der Waals surface area contributed by atoms with Crippen LogP contribution in [0.2, 0.25) is 0 Å². The van der Waals surface area contributed by atoms with E-state index in [1.165, 1.54) is 11.8 Å².